The molecule has 6 heteroatoms. The summed E-state index contributed by atoms with van der Waals surface area (Å²) >= 11 is 0. The van der Waals surface area contributed by atoms with Gasteiger partial charge >= 0.3 is 0 Å². The number of hydrogen-bond donors (Lipinski definition) is 0. The molecule has 0 unspecified atom stereocenters. The molecule has 0 spiro atoms. The lowest BCUT2D eigenvalue weighted by Gasteiger charge is -2.36. The van der Waals surface area contributed by atoms with Crippen LogP contribution in [0.5, 0.6) is 0 Å². The molecule has 0 aliphatic heterocycles. The number of ether oxygens (including phenoxy) is 1. The van der Waals surface area contributed by atoms with Gasteiger partial charge in [-0.15, -0.1) is 0 Å². The van der Waals surface area contributed by atoms with Crippen LogP contribution in [0.4, 0.5) is 0 Å². The first-order chi connectivity index (χ1) is 20.1. The van der Waals surface area contributed by atoms with Crippen molar-refractivity contribution >= 4 is 22.6 Å². The zero-order chi connectivity index (χ0) is 28.4. The molecule has 0 bridgehead atoms. The van der Waals surface area contributed by atoms with E-state index in [1.807, 2.05) is 53.4 Å². The van der Waals surface area contributed by atoms with Gasteiger partial charge in [0.1, 0.15) is 6.54 Å². The minimum absolute atomic E-state index is 0.0101. The lowest BCUT2D eigenvalue weighted by Crippen LogP contribution is -2.48. The van der Waals surface area contributed by atoms with Gasteiger partial charge in [0.05, 0.1) is 6.54 Å². The molecule has 41 heavy (non-hydrogen) atoms. The van der Waals surface area contributed by atoms with Crippen molar-refractivity contribution in [2.24, 2.45) is 0 Å². The van der Waals surface area contributed by atoms with Crippen molar-refractivity contribution in [1.82, 2.24) is 14.4 Å². The van der Waals surface area contributed by atoms with E-state index in [1.54, 1.807) is 12.0 Å². The van der Waals surface area contributed by atoms with Crippen LogP contribution in [0, 0.1) is 0 Å². The smallest absolute Gasteiger partial charge is 0.254 e. The predicted molar refractivity (Wildman–Crippen MR) is 164 cm³/mol. The largest absolute Gasteiger partial charge is 0.385 e. The van der Waals surface area contributed by atoms with Crippen molar-refractivity contribution in [3.63, 3.8) is 0 Å². The van der Waals surface area contributed by atoms with Crippen molar-refractivity contribution in [2.75, 3.05) is 26.8 Å². The van der Waals surface area contributed by atoms with Crippen LogP contribution in [0.2, 0.25) is 0 Å². The summed E-state index contributed by atoms with van der Waals surface area (Å²) in [6.07, 6.45) is 8.26. The third-order valence-electron chi connectivity index (χ3n) is 8.17. The molecular formula is C35H41N3O3. The standard InChI is InChI=1S/C35H41N3O3/c1-41-23-11-22-37(35(40)31-20-19-29-14-8-9-15-30(29)24-31)27-34(39)38(32-16-6-3-7-17-32)26-33-18-10-21-36(33)25-28-12-4-2-5-13-28/h2,4-5,8-10,12-15,18-21,24,32H,3,6-7,11,16-17,22-23,25-27H2,1H3. The Labute approximate surface area is 243 Å². The van der Waals surface area contributed by atoms with E-state index in [2.05, 4.69) is 47.2 Å². The SMILES string of the molecule is COCCCN(CC(=O)N(Cc1cccn1Cc1ccccc1)C1CCCCC1)C(=O)c1ccc2ccccc2c1. The normalized spacial score (nSPS) is 13.8. The highest BCUT2D eigenvalue weighted by Gasteiger charge is 2.29. The van der Waals surface area contributed by atoms with Crippen LogP contribution in [-0.2, 0) is 22.6 Å². The molecule has 1 aliphatic rings. The fourth-order valence-electron chi connectivity index (χ4n) is 5.93. The second-order valence-corrected chi connectivity index (χ2v) is 11.1. The summed E-state index contributed by atoms with van der Waals surface area (Å²) in [4.78, 5) is 31.7. The molecule has 5 rings (SSSR count). The van der Waals surface area contributed by atoms with Gasteiger partial charge in [-0.25, -0.2) is 0 Å². The van der Waals surface area contributed by atoms with Crippen molar-refractivity contribution in [3.05, 3.63) is 108 Å². The molecule has 6 nitrogen and oxygen atoms in total. The molecule has 214 valence electrons. The maximum Gasteiger partial charge on any atom is 0.254 e. The lowest BCUT2D eigenvalue weighted by atomic mass is 9.94. The third-order valence-corrected chi connectivity index (χ3v) is 8.17. The van der Waals surface area contributed by atoms with Gasteiger partial charge in [0.25, 0.3) is 5.91 Å². The number of carbonyl (C=O) groups excluding carboxylic acids is 2. The summed E-state index contributed by atoms with van der Waals surface area (Å²) in [6, 6.07) is 28.6. The second kappa shape index (κ2) is 14.1. The Kier molecular flexibility index (Phi) is 9.87. The van der Waals surface area contributed by atoms with Crippen molar-refractivity contribution < 1.29 is 14.3 Å². The molecule has 1 heterocycles. The van der Waals surface area contributed by atoms with E-state index >= 15 is 0 Å². The molecule has 1 aromatic heterocycles. The Morgan fingerprint density at radius 2 is 1.63 bits per heavy atom. The number of amides is 2. The molecule has 1 saturated carbocycles. The summed E-state index contributed by atoms with van der Waals surface area (Å²) in [5.41, 5.74) is 2.94. The Morgan fingerprint density at radius 3 is 2.41 bits per heavy atom. The van der Waals surface area contributed by atoms with E-state index in [4.69, 9.17) is 4.74 Å². The molecule has 0 N–H and O–H groups in total. The third kappa shape index (κ3) is 7.44. The van der Waals surface area contributed by atoms with Crippen LogP contribution in [0.25, 0.3) is 10.8 Å². The summed E-state index contributed by atoms with van der Waals surface area (Å²) < 4.78 is 7.51. The number of carbonyl (C=O) groups is 2. The average molecular weight is 552 g/mol. The monoisotopic (exact) mass is 551 g/mol. The number of benzene rings is 3. The van der Waals surface area contributed by atoms with Crippen LogP contribution < -0.4 is 0 Å². The van der Waals surface area contributed by atoms with Gasteiger partial charge in [0, 0.05) is 50.3 Å². The quantitative estimate of drug-likeness (QED) is 0.188. The van der Waals surface area contributed by atoms with Crippen LogP contribution in [-0.4, -0.2) is 59.0 Å². The first-order valence-corrected chi connectivity index (χ1v) is 14.9. The summed E-state index contributed by atoms with van der Waals surface area (Å²) in [5.74, 6) is -0.104. The fourth-order valence-corrected chi connectivity index (χ4v) is 5.93. The topological polar surface area (TPSA) is 54.8 Å². The highest BCUT2D eigenvalue weighted by molar-refractivity contribution is 6.00. The molecular weight excluding hydrogens is 510 g/mol. The molecule has 0 radical (unpaired) electrons. The van der Waals surface area contributed by atoms with Gasteiger partial charge in [0.2, 0.25) is 5.91 Å². The van der Waals surface area contributed by atoms with Crippen molar-refractivity contribution in [2.45, 2.75) is 57.7 Å². The van der Waals surface area contributed by atoms with Gasteiger partial charge < -0.3 is 19.1 Å². The van der Waals surface area contributed by atoms with Crippen LogP contribution >= 0.6 is 0 Å². The van der Waals surface area contributed by atoms with E-state index in [0.717, 1.165) is 48.7 Å². The van der Waals surface area contributed by atoms with Crippen molar-refractivity contribution in [1.29, 1.82) is 0 Å². The first kappa shape index (κ1) is 28.6. The van der Waals surface area contributed by atoms with Gasteiger partial charge in [-0.05, 0) is 59.9 Å². The van der Waals surface area contributed by atoms with Gasteiger partial charge in [-0.3, -0.25) is 9.59 Å². The highest BCUT2D eigenvalue weighted by Crippen LogP contribution is 2.25. The molecule has 0 saturated heterocycles. The Bertz CT molecular complexity index is 1420. The molecule has 1 aliphatic carbocycles. The first-order valence-electron chi connectivity index (χ1n) is 14.9. The van der Waals surface area contributed by atoms with Crippen LogP contribution in [0.15, 0.2) is 91.1 Å². The van der Waals surface area contributed by atoms with E-state index in [0.29, 0.717) is 31.7 Å². The van der Waals surface area contributed by atoms with E-state index < -0.39 is 0 Å². The van der Waals surface area contributed by atoms with E-state index in [9.17, 15) is 9.59 Å². The van der Waals surface area contributed by atoms with Gasteiger partial charge in [-0.2, -0.15) is 0 Å². The molecule has 3 aromatic carbocycles. The number of hydrogen-bond acceptors (Lipinski definition) is 3. The van der Waals surface area contributed by atoms with Gasteiger partial charge in [0.15, 0.2) is 0 Å². The number of aromatic nitrogens is 1. The summed E-state index contributed by atoms with van der Waals surface area (Å²) in [5, 5.41) is 2.11. The zero-order valence-corrected chi connectivity index (χ0v) is 24.1. The predicted octanol–water partition coefficient (Wildman–Crippen LogP) is 6.53. The lowest BCUT2D eigenvalue weighted by molar-refractivity contribution is -0.135. The van der Waals surface area contributed by atoms with E-state index in [1.165, 1.54) is 12.0 Å². The fraction of sp³-hybridized carbons (Fsp3) is 0.371. The maximum atomic E-state index is 14.1. The minimum atomic E-state index is -0.115. The van der Waals surface area contributed by atoms with Gasteiger partial charge in [-0.1, -0.05) is 79.9 Å². The molecule has 0 atom stereocenters. The molecule has 2 amide bonds. The number of rotatable bonds is 12. The number of fused-ring (bicyclic) bond motifs is 1. The Balaban J connectivity index is 1.37. The summed E-state index contributed by atoms with van der Waals surface area (Å²) in [6.45, 7) is 2.37. The Hall–Kier alpha value is -3.90. The average Bonchev–Trinajstić information content (AvgIpc) is 3.46. The second-order valence-electron chi connectivity index (χ2n) is 11.1. The molecule has 4 aromatic rings. The Morgan fingerprint density at radius 1 is 0.878 bits per heavy atom. The minimum Gasteiger partial charge on any atom is -0.385 e. The highest BCUT2D eigenvalue weighted by atomic mass is 16.5. The van der Waals surface area contributed by atoms with Crippen LogP contribution in [0.3, 0.4) is 0 Å². The maximum absolute atomic E-state index is 14.1. The van der Waals surface area contributed by atoms with Crippen LogP contribution in [0.1, 0.15) is 60.1 Å². The molecule has 1 fully saturated rings. The number of nitrogens with zero attached hydrogens (tertiary/aromatic N) is 3. The zero-order valence-electron chi connectivity index (χ0n) is 24.1. The number of methoxy groups -OCH3 is 1. The summed E-state index contributed by atoms with van der Waals surface area (Å²) in [7, 11) is 1.66. The van der Waals surface area contributed by atoms with E-state index in [-0.39, 0.29) is 24.4 Å². The van der Waals surface area contributed by atoms with Crippen molar-refractivity contribution in [3.8, 4) is 0 Å².